The van der Waals surface area contributed by atoms with E-state index < -0.39 is 10.8 Å². The topological polar surface area (TPSA) is 98.0 Å². The lowest BCUT2D eigenvalue weighted by atomic mass is 10.2. The van der Waals surface area contributed by atoms with Crippen LogP contribution in [0.15, 0.2) is 30.6 Å². The molecule has 0 spiro atoms. The van der Waals surface area contributed by atoms with Crippen LogP contribution in [0.4, 0.5) is 11.5 Å². The maximum Gasteiger partial charge on any atom is 0.288 e. The Morgan fingerprint density at radius 2 is 2.10 bits per heavy atom. The van der Waals surface area contributed by atoms with Gasteiger partial charge in [0.05, 0.1) is 10.5 Å². The van der Waals surface area contributed by atoms with E-state index in [1.807, 2.05) is 6.92 Å². The smallest absolute Gasteiger partial charge is 0.288 e. The Labute approximate surface area is 118 Å². The lowest BCUT2D eigenvalue weighted by Crippen LogP contribution is -2.14. The molecule has 0 radical (unpaired) electrons. The average molecular weight is 293 g/mol. The van der Waals surface area contributed by atoms with E-state index in [-0.39, 0.29) is 16.4 Å². The van der Waals surface area contributed by atoms with E-state index in [0.29, 0.717) is 5.82 Å². The van der Waals surface area contributed by atoms with Gasteiger partial charge in [-0.2, -0.15) is 0 Å². The molecule has 0 saturated heterocycles. The van der Waals surface area contributed by atoms with Gasteiger partial charge in [-0.15, -0.1) is 0 Å². The Balaban J connectivity index is 2.26. The standard InChI is InChI=1S/C12H9ClN4O3/c1-7-2-3-10(14-5-7)16-12(18)9-4-8(17(19)20)6-15-11(9)13/h2-6H,1H3,(H,14,16,18). The van der Waals surface area contributed by atoms with Crippen molar-refractivity contribution in [3.05, 3.63) is 57.0 Å². The average Bonchev–Trinajstić information content (AvgIpc) is 2.41. The first-order valence-electron chi connectivity index (χ1n) is 5.51. The highest BCUT2D eigenvalue weighted by molar-refractivity contribution is 6.33. The van der Waals surface area contributed by atoms with Crippen molar-refractivity contribution in [1.82, 2.24) is 9.97 Å². The summed E-state index contributed by atoms with van der Waals surface area (Å²) >= 11 is 5.77. The molecule has 0 fully saturated rings. The first kappa shape index (κ1) is 13.9. The molecular formula is C12H9ClN4O3. The molecule has 0 aliphatic carbocycles. The van der Waals surface area contributed by atoms with Crippen molar-refractivity contribution >= 4 is 29.0 Å². The summed E-state index contributed by atoms with van der Waals surface area (Å²) in [5.74, 6) is -0.286. The van der Waals surface area contributed by atoms with E-state index in [2.05, 4.69) is 15.3 Å². The molecule has 0 aliphatic heterocycles. The van der Waals surface area contributed by atoms with E-state index in [9.17, 15) is 14.9 Å². The van der Waals surface area contributed by atoms with Crippen LogP contribution in [-0.2, 0) is 0 Å². The molecular weight excluding hydrogens is 284 g/mol. The van der Waals surface area contributed by atoms with E-state index >= 15 is 0 Å². The number of pyridine rings is 2. The summed E-state index contributed by atoms with van der Waals surface area (Å²) in [5, 5.41) is 13.0. The predicted octanol–water partition coefficient (Wildman–Crippen LogP) is 2.60. The molecule has 0 atom stereocenters. The van der Waals surface area contributed by atoms with Crippen LogP contribution >= 0.6 is 11.6 Å². The van der Waals surface area contributed by atoms with Gasteiger partial charge in [0.2, 0.25) is 0 Å². The van der Waals surface area contributed by atoms with Crippen LogP contribution in [0.2, 0.25) is 5.15 Å². The first-order chi connectivity index (χ1) is 9.47. The molecule has 0 bridgehead atoms. The van der Waals surface area contributed by atoms with Crippen molar-refractivity contribution in [2.45, 2.75) is 6.92 Å². The Bertz CT molecular complexity index is 673. The number of aryl methyl sites for hydroxylation is 1. The van der Waals surface area contributed by atoms with Crippen molar-refractivity contribution in [1.29, 1.82) is 0 Å². The van der Waals surface area contributed by atoms with Gasteiger partial charge in [-0.25, -0.2) is 9.97 Å². The molecule has 2 rings (SSSR count). The number of nitrogens with zero attached hydrogens (tertiary/aromatic N) is 3. The summed E-state index contributed by atoms with van der Waals surface area (Å²) in [6.45, 7) is 1.86. The lowest BCUT2D eigenvalue weighted by Gasteiger charge is -2.05. The quantitative estimate of drug-likeness (QED) is 0.532. The number of amides is 1. The fraction of sp³-hybridized carbons (Fsp3) is 0.0833. The van der Waals surface area contributed by atoms with E-state index in [4.69, 9.17) is 11.6 Å². The Kier molecular flexibility index (Phi) is 3.90. The summed E-state index contributed by atoms with van der Waals surface area (Å²) in [6, 6.07) is 4.46. The van der Waals surface area contributed by atoms with Gasteiger partial charge in [0, 0.05) is 12.3 Å². The van der Waals surface area contributed by atoms with Crippen LogP contribution in [0.3, 0.4) is 0 Å². The van der Waals surface area contributed by atoms with Gasteiger partial charge in [-0.1, -0.05) is 17.7 Å². The normalized spacial score (nSPS) is 10.1. The minimum atomic E-state index is -0.649. The second kappa shape index (κ2) is 5.62. The summed E-state index contributed by atoms with van der Waals surface area (Å²) in [7, 11) is 0. The number of aromatic nitrogens is 2. The highest BCUT2D eigenvalue weighted by Crippen LogP contribution is 2.20. The Hall–Kier alpha value is -2.54. The molecule has 2 aromatic rings. The van der Waals surface area contributed by atoms with Crippen LogP contribution in [0.25, 0.3) is 0 Å². The first-order valence-corrected chi connectivity index (χ1v) is 5.89. The van der Waals surface area contributed by atoms with Gasteiger partial charge in [0.15, 0.2) is 0 Å². The number of anilines is 1. The molecule has 2 aromatic heterocycles. The van der Waals surface area contributed by atoms with Crippen molar-refractivity contribution in [3.63, 3.8) is 0 Å². The molecule has 0 unspecified atom stereocenters. The molecule has 102 valence electrons. The number of halogens is 1. The third-order valence-electron chi connectivity index (χ3n) is 2.43. The van der Waals surface area contributed by atoms with E-state index in [0.717, 1.165) is 17.8 Å². The number of carbonyl (C=O) groups is 1. The zero-order valence-electron chi connectivity index (χ0n) is 10.3. The minimum Gasteiger partial charge on any atom is -0.306 e. The van der Waals surface area contributed by atoms with Gasteiger partial charge in [-0.05, 0) is 18.6 Å². The second-order valence-corrected chi connectivity index (χ2v) is 4.32. The number of carbonyl (C=O) groups excluding carboxylic acids is 1. The summed E-state index contributed by atoms with van der Waals surface area (Å²) in [6.07, 6.45) is 2.58. The molecule has 0 aliphatic rings. The Morgan fingerprint density at radius 3 is 2.70 bits per heavy atom. The number of nitrogens with one attached hydrogen (secondary N) is 1. The maximum absolute atomic E-state index is 12.0. The highest BCUT2D eigenvalue weighted by atomic mass is 35.5. The fourth-order valence-electron chi connectivity index (χ4n) is 1.42. The van der Waals surface area contributed by atoms with Gasteiger partial charge in [0.25, 0.3) is 11.6 Å². The molecule has 0 saturated carbocycles. The third-order valence-corrected chi connectivity index (χ3v) is 2.73. The highest BCUT2D eigenvalue weighted by Gasteiger charge is 2.17. The molecule has 20 heavy (non-hydrogen) atoms. The molecule has 0 aromatic carbocycles. The molecule has 1 amide bonds. The predicted molar refractivity (Wildman–Crippen MR) is 72.8 cm³/mol. The SMILES string of the molecule is Cc1ccc(NC(=O)c2cc([N+](=O)[O-])cnc2Cl)nc1. The van der Waals surface area contributed by atoms with Crippen LogP contribution in [-0.4, -0.2) is 20.8 Å². The zero-order chi connectivity index (χ0) is 14.7. The number of hydrogen-bond acceptors (Lipinski definition) is 5. The molecule has 2 heterocycles. The zero-order valence-corrected chi connectivity index (χ0v) is 11.1. The van der Waals surface area contributed by atoms with Gasteiger partial charge < -0.3 is 5.32 Å². The maximum atomic E-state index is 12.0. The molecule has 7 nitrogen and oxygen atoms in total. The lowest BCUT2D eigenvalue weighted by molar-refractivity contribution is -0.385. The Morgan fingerprint density at radius 1 is 1.35 bits per heavy atom. The van der Waals surface area contributed by atoms with Crippen LogP contribution in [0.5, 0.6) is 0 Å². The number of nitro groups is 1. The second-order valence-electron chi connectivity index (χ2n) is 3.96. The number of hydrogen-bond donors (Lipinski definition) is 1. The van der Waals surface area contributed by atoms with Crippen LogP contribution in [0.1, 0.15) is 15.9 Å². The van der Waals surface area contributed by atoms with Gasteiger partial charge in [-0.3, -0.25) is 14.9 Å². The third kappa shape index (κ3) is 3.07. The van der Waals surface area contributed by atoms with Crippen molar-refractivity contribution in [2.75, 3.05) is 5.32 Å². The van der Waals surface area contributed by atoms with Crippen molar-refractivity contribution in [2.24, 2.45) is 0 Å². The molecule has 8 heteroatoms. The summed E-state index contributed by atoms with van der Waals surface area (Å²) in [4.78, 5) is 29.6. The van der Waals surface area contributed by atoms with E-state index in [1.54, 1.807) is 18.3 Å². The van der Waals surface area contributed by atoms with Crippen LogP contribution in [0, 0.1) is 17.0 Å². The summed E-state index contributed by atoms with van der Waals surface area (Å²) in [5.41, 5.74) is 0.553. The summed E-state index contributed by atoms with van der Waals surface area (Å²) < 4.78 is 0. The molecule has 1 N–H and O–H groups in total. The van der Waals surface area contributed by atoms with Crippen molar-refractivity contribution < 1.29 is 9.72 Å². The largest absolute Gasteiger partial charge is 0.306 e. The monoisotopic (exact) mass is 292 g/mol. The van der Waals surface area contributed by atoms with Gasteiger partial charge in [0.1, 0.15) is 17.2 Å². The van der Waals surface area contributed by atoms with Crippen LogP contribution < -0.4 is 5.32 Å². The van der Waals surface area contributed by atoms with Gasteiger partial charge >= 0.3 is 0 Å². The van der Waals surface area contributed by atoms with E-state index in [1.165, 1.54) is 0 Å². The number of rotatable bonds is 3. The fourth-order valence-corrected chi connectivity index (χ4v) is 1.61. The minimum absolute atomic E-state index is 0.0803. The van der Waals surface area contributed by atoms with Crippen molar-refractivity contribution in [3.8, 4) is 0 Å².